The molecule has 0 aliphatic carbocycles. The van der Waals surface area contributed by atoms with Gasteiger partial charge in [-0.2, -0.15) is 0 Å². The first-order valence-corrected chi connectivity index (χ1v) is 8.50. The molecule has 0 saturated heterocycles. The summed E-state index contributed by atoms with van der Waals surface area (Å²) in [5.74, 6) is 0.837. The highest BCUT2D eigenvalue weighted by atomic mass is 16.5. The lowest BCUT2D eigenvalue weighted by Gasteiger charge is -2.17. The van der Waals surface area contributed by atoms with E-state index >= 15 is 0 Å². The molecule has 0 fully saturated rings. The van der Waals surface area contributed by atoms with Gasteiger partial charge in [0.15, 0.2) is 18.2 Å². The maximum Gasteiger partial charge on any atom is 0.263 e. The molecule has 4 heterocycles. The number of pyridine rings is 3. The van der Waals surface area contributed by atoms with E-state index in [1.807, 2.05) is 42.6 Å². The summed E-state index contributed by atoms with van der Waals surface area (Å²) in [5, 5.41) is 3.76. The third-order valence-electron chi connectivity index (χ3n) is 4.54. The fraction of sp³-hybridized carbons (Fsp3) is 0.0476. The third-order valence-corrected chi connectivity index (χ3v) is 4.54. The minimum Gasteiger partial charge on any atom is -0.480 e. The number of nitrogens with zero attached hydrogens (tertiary/aromatic N) is 3. The smallest absolute Gasteiger partial charge is 0.263 e. The van der Waals surface area contributed by atoms with Crippen molar-refractivity contribution in [1.82, 2.24) is 15.0 Å². The maximum absolute atomic E-state index is 11.4. The normalized spacial score (nSPS) is 13.0. The van der Waals surface area contributed by atoms with Crippen LogP contribution in [0.5, 0.6) is 5.75 Å². The summed E-state index contributed by atoms with van der Waals surface area (Å²) < 4.78 is 5.48. The number of hydrogen-bond donors (Lipinski definition) is 1. The number of nitrogens with one attached hydrogen (secondary N) is 1. The SMILES string of the molecule is O=C1COc2cc(-c3ccc4nccc(-c5ccncc5)c4c3)cnc2N1. The third kappa shape index (κ3) is 2.77. The Bertz CT molecular complexity index is 1180. The van der Waals surface area contributed by atoms with Crippen molar-refractivity contribution in [2.45, 2.75) is 0 Å². The minimum absolute atomic E-state index is 0.00592. The molecule has 27 heavy (non-hydrogen) atoms. The number of ether oxygens (including phenoxy) is 1. The van der Waals surface area contributed by atoms with Gasteiger partial charge in [0.05, 0.1) is 5.52 Å². The van der Waals surface area contributed by atoms with Crippen LogP contribution in [0.4, 0.5) is 5.82 Å². The summed E-state index contributed by atoms with van der Waals surface area (Å²) in [6, 6.07) is 14.0. The van der Waals surface area contributed by atoms with E-state index in [0.717, 1.165) is 33.2 Å². The molecule has 1 aromatic carbocycles. The fourth-order valence-corrected chi connectivity index (χ4v) is 3.23. The molecule has 4 aromatic rings. The first-order chi connectivity index (χ1) is 13.3. The number of benzene rings is 1. The molecule has 5 rings (SSSR count). The van der Waals surface area contributed by atoms with Crippen LogP contribution in [0.25, 0.3) is 33.2 Å². The highest BCUT2D eigenvalue weighted by molar-refractivity contribution is 5.97. The molecule has 3 aromatic heterocycles. The number of hydrogen-bond acceptors (Lipinski definition) is 5. The van der Waals surface area contributed by atoms with Gasteiger partial charge in [-0.3, -0.25) is 14.8 Å². The lowest BCUT2D eigenvalue weighted by atomic mass is 9.98. The van der Waals surface area contributed by atoms with Crippen molar-refractivity contribution in [2.75, 3.05) is 11.9 Å². The molecule has 0 bridgehead atoms. The summed E-state index contributed by atoms with van der Waals surface area (Å²) in [5.41, 5.74) is 5.02. The maximum atomic E-state index is 11.4. The Hall–Kier alpha value is -3.80. The summed E-state index contributed by atoms with van der Waals surface area (Å²) in [4.78, 5) is 24.3. The Morgan fingerprint density at radius 2 is 1.78 bits per heavy atom. The Morgan fingerprint density at radius 1 is 0.889 bits per heavy atom. The van der Waals surface area contributed by atoms with E-state index < -0.39 is 0 Å². The van der Waals surface area contributed by atoms with E-state index in [-0.39, 0.29) is 12.5 Å². The highest BCUT2D eigenvalue weighted by Gasteiger charge is 2.18. The van der Waals surface area contributed by atoms with E-state index in [2.05, 4.69) is 26.3 Å². The van der Waals surface area contributed by atoms with Crippen LogP contribution in [-0.2, 0) is 4.79 Å². The van der Waals surface area contributed by atoms with E-state index in [1.54, 1.807) is 18.6 Å². The first kappa shape index (κ1) is 15.5. The molecule has 6 nitrogen and oxygen atoms in total. The lowest BCUT2D eigenvalue weighted by molar-refractivity contribution is -0.118. The molecule has 1 N–H and O–H groups in total. The van der Waals surface area contributed by atoms with Crippen molar-refractivity contribution in [3.05, 3.63) is 67.3 Å². The Labute approximate surface area is 154 Å². The van der Waals surface area contributed by atoms with Crippen molar-refractivity contribution >= 4 is 22.6 Å². The van der Waals surface area contributed by atoms with Gasteiger partial charge < -0.3 is 10.1 Å². The molecule has 0 radical (unpaired) electrons. The van der Waals surface area contributed by atoms with Crippen molar-refractivity contribution in [3.63, 3.8) is 0 Å². The number of carbonyl (C=O) groups excluding carboxylic acids is 1. The molecule has 6 heteroatoms. The van der Waals surface area contributed by atoms with Gasteiger partial charge in [0.25, 0.3) is 5.91 Å². The summed E-state index contributed by atoms with van der Waals surface area (Å²) in [6.07, 6.45) is 7.11. The van der Waals surface area contributed by atoms with Crippen molar-refractivity contribution < 1.29 is 9.53 Å². The molecular formula is C21H14N4O2. The molecule has 1 aliphatic heterocycles. The topological polar surface area (TPSA) is 77.0 Å². The number of aromatic nitrogens is 3. The second kappa shape index (κ2) is 6.17. The lowest BCUT2D eigenvalue weighted by Crippen LogP contribution is -2.26. The van der Waals surface area contributed by atoms with Crippen molar-refractivity contribution in [3.8, 4) is 28.0 Å². The Kier molecular flexibility index (Phi) is 3.53. The zero-order valence-corrected chi connectivity index (χ0v) is 14.2. The first-order valence-electron chi connectivity index (χ1n) is 8.50. The fourth-order valence-electron chi connectivity index (χ4n) is 3.23. The van der Waals surface area contributed by atoms with Gasteiger partial charge in [0, 0.05) is 35.7 Å². The van der Waals surface area contributed by atoms with Crippen LogP contribution in [0, 0.1) is 0 Å². The second-order valence-corrected chi connectivity index (χ2v) is 6.23. The molecule has 1 aliphatic rings. The second-order valence-electron chi connectivity index (χ2n) is 6.23. The predicted molar refractivity (Wildman–Crippen MR) is 102 cm³/mol. The number of fused-ring (bicyclic) bond motifs is 2. The van der Waals surface area contributed by atoms with Crippen LogP contribution in [0.15, 0.2) is 67.3 Å². The van der Waals surface area contributed by atoms with Gasteiger partial charge in [-0.05, 0) is 53.1 Å². The quantitative estimate of drug-likeness (QED) is 0.594. The molecule has 130 valence electrons. The van der Waals surface area contributed by atoms with Gasteiger partial charge >= 0.3 is 0 Å². The number of carbonyl (C=O) groups is 1. The standard InChI is InChI=1S/C21H14N4O2/c26-20-12-27-19-10-15(11-24-21(19)25-20)14-1-2-18-17(9-14)16(5-8-23-18)13-3-6-22-7-4-13/h1-11H,12H2,(H,24,25,26). The van der Waals surface area contributed by atoms with Crippen molar-refractivity contribution in [1.29, 1.82) is 0 Å². The number of rotatable bonds is 2. The van der Waals surface area contributed by atoms with Crippen molar-refractivity contribution in [2.24, 2.45) is 0 Å². The molecule has 0 saturated carbocycles. The van der Waals surface area contributed by atoms with Crippen LogP contribution in [-0.4, -0.2) is 27.5 Å². The highest BCUT2D eigenvalue weighted by Crippen LogP contribution is 2.34. The molecule has 0 spiro atoms. The van der Waals surface area contributed by atoms with Gasteiger partial charge in [-0.25, -0.2) is 4.98 Å². The van der Waals surface area contributed by atoms with Crippen LogP contribution >= 0.6 is 0 Å². The predicted octanol–water partition coefficient (Wildman–Crippen LogP) is 3.69. The molecule has 0 atom stereocenters. The Balaban J connectivity index is 1.64. The summed E-state index contributed by atoms with van der Waals surface area (Å²) in [7, 11) is 0. The van der Waals surface area contributed by atoms with Crippen LogP contribution in [0.2, 0.25) is 0 Å². The average Bonchev–Trinajstić information content (AvgIpc) is 2.73. The van der Waals surface area contributed by atoms with E-state index in [1.165, 1.54) is 0 Å². The van der Waals surface area contributed by atoms with E-state index in [0.29, 0.717) is 11.6 Å². The minimum atomic E-state index is -0.193. The van der Waals surface area contributed by atoms with Gasteiger partial charge in [-0.15, -0.1) is 0 Å². The van der Waals surface area contributed by atoms with Crippen LogP contribution in [0.1, 0.15) is 0 Å². The Morgan fingerprint density at radius 3 is 2.67 bits per heavy atom. The number of amides is 1. The van der Waals surface area contributed by atoms with E-state index in [9.17, 15) is 4.79 Å². The van der Waals surface area contributed by atoms with Crippen LogP contribution < -0.4 is 10.1 Å². The largest absolute Gasteiger partial charge is 0.480 e. The molecule has 0 unspecified atom stereocenters. The van der Waals surface area contributed by atoms with Gasteiger partial charge in [-0.1, -0.05) is 6.07 Å². The van der Waals surface area contributed by atoms with Gasteiger partial charge in [0.2, 0.25) is 0 Å². The number of anilines is 1. The monoisotopic (exact) mass is 354 g/mol. The summed E-state index contributed by atoms with van der Waals surface area (Å²) >= 11 is 0. The zero-order valence-electron chi connectivity index (χ0n) is 14.2. The molecular weight excluding hydrogens is 340 g/mol. The molecule has 1 amide bonds. The van der Waals surface area contributed by atoms with Gasteiger partial charge in [0.1, 0.15) is 0 Å². The average molecular weight is 354 g/mol. The summed E-state index contributed by atoms with van der Waals surface area (Å²) in [6.45, 7) is 0.00592. The van der Waals surface area contributed by atoms with Crippen LogP contribution in [0.3, 0.4) is 0 Å². The zero-order chi connectivity index (χ0) is 18.2. The van der Waals surface area contributed by atoms with E-state index in [4.69, 9.17) is 4.74 Å².